The maximum absolute atomic E-state index is 13.2. The summed E-state index contributed by atoms with van der Waals surface area (Å²) in [5.41, 5.74) is 4.77. The second kappa shape index (κ2) is 9.54. The molecule has 7 heteroatoms. The lowest BCUT2D eigenvalue weighted by atomic mass is 10.0. The second-order valence-corrected chi connectivity index (χ2v) is 8.27. The summed E-state index contributed by atoms with van der Waals surface area (Å²) in [4.78, 5) is 25.1. The first kappa shape index (κ1) is 23.1. The van der Waals surface area contributed by atoms with Gasteiger partial charge in [0, 0.05) is 17.3 Å². The van der Waals surface area contributed by atoms with E-state index in [-0.39, 0.29) is 17.1 Å². The number of rotatable bonds is 6. The number of esters is 1. The van der Waals surface area contributed by atoms with Crippen LogP contribution in [0.25, 0.3) is 23.0 Å². The molecule has 1 aliphatic heterocycles. The van der Waals surface area contributed by atoms with Gasteiger partial charge in [-0.15, -0.1) is 0 Å². The zero-order valence-corrected chi connectivity index (χ0v) is 20.1. The molecule has 0 saturated carbocycles. The summed E-state index contributed by atoms with van der Waals surface area (Å²) in [6.07, 6.45) is 3.55. The smallest absolute Gasteiger partial charge is 0.337 e. The Morgan fingerprint density at radius 1 is 1.08 bits per heavy atom. The molecule has 1 aromatic heterocycles. The van der Waals surface area contributed by atoms with E-state index in [0.717, 1.165) is 22.6 Å². The third-order valence-corrected chi connectivity index (χ3v) is 5.89. The summed E-state index contributed by atoms with van der Waals surface area (Å²) >= 11 is 0. The molecule has 0 unspecified atom stereocenters. The minimum absolute atomic E-state index is 0.156. The Labute approximate surface area is 208 Å². The van der Waals surface area contributed by atoms with Crippen molar-refractivity contribution in [1.29, 1.82) is 0 Å². The van der Waals surface area contributed by atoms with Crippen molar-refractivity contribution >= 4 is 17.8 Å². The number of hydrogen-bond donors (Lipinski definition) is 0. The Kier molecular flexibility index (Phi) is 6.12. The van der Waals surface area contributed by atoms with Gasteiger partial charge in [0.2, 0.25) is 5.78 Å². The van der Waals surface area contributed by atoms with E-state index in [2.05, 4.69) is 0 Å². The Balaban J connectivity index is 1.58. The van der Waals surface area contributed by atoms with Gasteiger partial charge in [-0.05, 0) is 74.0 Å². The van der Waals surface area contributed by atoms with Crippen LogP contribution in [0.2, 0.25) is 0 Å². The van der Waals surface area contributed by atoms with Crippen LogP contribution in [0.4, 0.5) is 0 Å². The normalized spacial score (nSPS) is 13.4. The van der Waals surface area contributed by atoms with Crippen molar-refractivity contribution in [1.82, 2.24) is 9.78 Å². The monoisotopic (exact) mass is 480 g/mol. The minimum atomic E-state index is -0.514. The predicted molar refractivity (Wildman–Crippen MR) is 136 cm³/mol. The number of allylic oxidation sites excluding steroid dienone is 1. The Morgan fingerprint density at radius 3 is 2.61 bits per heavy atom. The van der Waals surface area contributed by atoms with Crippen LogP contribution in [0.5, 0.6) is 11.5 Å². The van der Waals surface area contributed by atoms with Crippen molar-refractivity contribution in [3.8, 4) is 28.4 Å². The maximum Gasteiger partial charge on any atom is 0.337 e. The largest absolute Gasteiger partial charge is 0.494 e. The van der Waals surface area contributed by atoms with Crippen LogP contribution in [-0.4, -0.2) is 35.2 Å². The van der Waals surface area contributed by atoms with Gasteiger partial charge in [0.25, 0.3) is 0 Å². The van der Waals surface area contributed by atoms with Gasteiger partial charge in [-0.25, -0.2) is 9.48 Å². The van der Waals surface area contributed by atoms with Gasteiger partial charge < -0.3 is 14.2 Å². The highest BCUT2D eigenvalue weighted by molar-refractivity contribution is 6.15. The number of para-hydroxylation sites is 1. The zero-order chi connectivity index (χ0) is 25.2. The molecule has 2 heterocycles. The molecule has 7 nitrogen and oxygen atoms in total. The van der Waals surface area contributed by atoms with Crippen molar-refractivity contribution in [2.45, 2.75) is 13.8 Å². The Hall–Kier alpha value is -4.65. The van der Waals surface area contributed by atoms with Crippen LogP contribution in [0, 0.1) is 6.92 Å². The average Bonchev–Trinajstić information content (AvgIpc) is 3.46. The fourth-order valence-electron chi connectivity index (χ4n) is 4.12. The molecule has 36 heavy (non-hydrogen) atoms. The Morgan fingerprint density at radius 2 is 1.89 bits per heavy atom. The second-order valence-electron chi connectivity index (χ2n) is 8.27. The molecule has 180 valence electrons. The SMILES string of the molecule is CCOc1ccc(-c2nn(-c3ccccc3)cc2C=C2Oc3ccc(C(=O)OC)cc3C2=O)cc1C. The molecular weight excluding hydrogens is 456 g/mol. The van der Waals surface area contributed by atoms with Crippen molar-refractivity contribution < 1.29 is 23.8 Å². The van der Waals surface area contributed by atoms with Crippen molar-refractivity contribution in [3.05, 3.63) is 101 Å². The fourth-order valence-corrected chi connectivity index (χ4v) is 4.12. The van der Waals surface area contributed by atoms with E-state index in [1.54, 1.807) is 22.9 Å². The highest BCUT2D eigenvalue weighted by Gasteiger charge is 2.29. The molecular formula is C29H24N2O5. The van der Waals surface area contributed by atoms with E-state index < -0.39 is 5.97 Å². The Bertz CT molecular complexity index is 1500. The number of ether oxygens (including phenoxy) is 3. The van der Waals surface area contributed by atoms with E-state index in [0.29, 0.717) is 29.2 Å². The molecule has 0 amide bonds. The van der Waals surface area contributed by atoms with Gasteiger partial charge in [0.15, 0.2) is 5.76 Å². The molecule has 0 bridgehead atoms. The number of methoxy groups -OCH3 is 1. The maximum atomic E-state index is 13.2. The average molecular weight is 481 g/mol. The number of nitrogens with zero attached hydrogens (tertiary/aromatic N) is 2. The lowest BCUT2D eigenvalue weighted by Crippen LogP contribution is -2.03. The highest BCUT2D eigenvalue weighted by Crippen LogP contribution is 2.35. The van der Waals surface area contributed by atoms with Crippen LogP contribution in [-0.2, 0) is 4.74 Å². The van der Waals surface area contributed by atoms with Crippen molar-refractivity contribution in [2.24, 2.45) is 0 Å². The van der Waals surface area contributed by atoms with E-state index in [1.165, 1.54) is 13.2 Å². The van der Waals surface area contributed by atoms with E-state index in [4.69, 9.17) is 19.3 Å². The molecule has 5 rings (SSSR count). The van der Waals surface area contributed by atoms with Gasteiger partial charge in [0.1, 0.15) is 17.2 Å². The molecule has 0 radical (unpaired) electrons. The summed E-state index contributed by atoms with van der Waals surface area (Å²) in [7, 11) is 1.30. The number of Topliss-reactive ketones (excluding diaryl/α,β-unsaturated/α-hetero) is 1. The highest BCUT2D eigenvalue weighted by atomic mass is 16.5. The third kappa shape index (κ3) is 4.27. The molecule has 1 aliphatic rings. The van der Waals surface area contributed by atoms with E-state index in [1.807, 2.05) is 68.6 Å². The standard InChI is InChI=1S/C29H24N2O5/c1-4-35-24-12-10-19(14-18(24)2)27-21(17-31(30-27)22-8-6-5-7-9-22)16-26-28(32)23-15-20(29(33)34-3)11-13-25(23)36-26/h5-17H,4H2,1-3H3. The number of benzene rings is 3. The number of carbonyl (C=O) groups excluding carboxylic acids is 2. The van der Waals surface area contributed by atoms with Crippen molar-refractivity contribution in [3.63, 3.8) is 0 Å². The van der Waals surface area contributed by atoms with Crippen LogP contribution in [0.1, 0.15) is 38.8 Å². The number of fused-ring (bicyclic) bond motifs is 1. The molecule has 0 atom stereocenters. The number of ketones is 1. The fraction of sp³-hybridized carbons (Fsp3) is 0.138. The number of aryl methyl sites for hydroxylation is 1. The molecule has 0 aliphatic carbocycles. The first-order chi connectivity index (χ1) is 17.5. The van der Waals surface area contributed by atoms with E-state index >= 15 is 0 Å². The number of carbonyl (C=O) groups is 2. The summed E-state index contributed by atoms with van der Waals surface area (Å²) in [6, 6.07) is 20.3. The first-order valence-electron chi connectivity index (χ1n) is 11.5. The number of aromatic nitrogens is 2. The third-order valence-electron chi connectivity index (χ3n) is 5.89. The lowest BCUT2D eigenvalue weighted by Gasteiger charge is -2.08. The van der Waals surface area contributed by atoms with E-state index in [9.17, 15) is 9.59 Å². The zero-order valence-electron chi connectivity index (χ0n) is 20.1. The lowest BCUT2D eigenvalue weighted by molar-refractivity contribution is 0.0600. The molecule has 0 saturated heterocycles. The van der Waals surface area contributed by atoms with Crippen LogP contribution < -0.4 is 9.47 Å². The number of hydrogen-bond acceptors (Lipinski definition) is 6. The van der Waals surface area contributed by atoms with Crippen LogP contribution >= 0.6 is 0 Å². The van der Waals surface area contributed by atoms with Crippen molar-refractivity contribution in [2.75, 3.05) is 13.7 Å². The summed E-state index contributed by atoms with van der Waals surface area (Å²) in [5, 5.41) is 4.84. The molecule has 0 fully saturated rings. The molecule has 4 aromatic rings. The van der Waals surface area contributed by atoms with Gasteiger partial charge in [-0.2, -0.15) is 5.10 Å². The molecule has 0 spiro atoms. The minimum Gasteiger partial charge on any atom is -0.494 e. The van der Waals surface area contributed by atoms with Gasteiger partial charge in [0.05, 0.1) is 30.5 Å². The summed E-state index contributed by atoms with van der Waals surface area (Å²) < 4.78 is 18.1. The molecule has 3 aromatic carbocycles. The first-order valence-corrected chi connectivity index (χ1v) is 11.5. The quantitative estimate of drug-likeness (QED) is 0.262. The molecule has 0 N–H and O–H groups in total. The summed E-state index contributed by atoms with van der Waals surface area (Å²) in [5.74, 6) is 0.545. The van der Waals surface area contributed by atoms with Gasteiger partial charge >= 0.3 is 5.97 Å². The topological polar surface area (TPSA) is 79.7 Å². The van der Waals surface area contributed by atoms with Gasteiger partial charge in [-0.3, -0.25) is 4.79 Å². The predicted octanol–water partition coefficient (Wildman–Crippen LogP) is 5.65. The van der Waals surface area contributed by atoms with Crippen LogP contribution in [0.15, 0.2) is 78.7 Å². The summed E-state index contributed by atoms with van der Waals surface area (Å²) in [6.45, 7) is 4.52. The van der Waals surface area contributed by atoms with Gasteiger partial charge in [-0.1, -0.05) is 18.2 Å². The van der Waals surface area contributed by atoms with Crippen LogP contribution in [0.3, 0.4) is 0 Å².